The van der Waals surface area contributed by atoms with Crippen molar-refractivity contribution in [3.05, 3.63) is 76.5 Å². The molecule has 0 saturated heterocycles. The third-order valence-corrected chi connectivity index (χ3v) is 8.16. The Labute approximate surface area is 204 Å². The van der Waals surface area contributed by atoms with Gasteiger partial charge in [-0.15, -0.1) is 0 Å². The van der Waals surface area contributed by atoms with Crippen LogP contribution in [0.25, 0.3) is 10.2 Å². The van der Waals surface area contributed by atoms with E-state index in [2.05, 4.69) is 9.97 Å². The number of fused-ring (bicyclic) bond motifs is 1. The summed E-state index contributed by atoms with van der Waals surface area (Å²) in [5.74, 6) is -0.877. The Balaban J connectivity index is 1.74. The number of benzene rings is 2. The van der Waals surface area contributed by atoms with Crippen molar-refractivity contribution in [3.63, 3.8) is 0 Å². The standard InChI is InChI=1S/C22H17Cl2N3O4S2/c1-31-18-9-8-17(24)21-20(18)26-22(32-21)27(12-14-3-2-10-25-11-14)19(28)13-33(29,30)16-6-4-15(23)5-7-16/h2-11H,12-13H2,1H3. The van der Waals surface area contributed by atoms with Crippen LogP contribution in [0.2, 0.25) is 10.0 Å². The number of carbonyl (C=O) groups is 1. The van der Waals surface area contributed by atoms with Gasteiger partial charge in [0, 0.05) is 17.4 Å². The topological polar surface area (TPSA) is 89.5 Å². The van der Waals surface area contributed by atoms with Crippen molar-refractivity contribution in [1.29, 1.82) is 0 Å². The van der Waals surface area contributed by atoms with Crippen LogP contribution in [0.5, 0.6) is 5.75 Å². The van der Waals surface area contributed by atoms with Crippen LogP contribution in [0.3, 0.4) is 0 Å². The molecule has 2 aromatic heterocycles. The highest BCUT2D eigenvalue weighted by atomic mass is 35.5. The molecule has 0 aliphatic rings. The predicted octanol–water partition coefficient (Wildman–Crippen LogP) is 5.01. The summed E-state index contributed by atoms with van der Waals surface area (Å²) < 4.78 is 31.8. The van der Waals surface area contributed by atoms with Crippen molar-refractivity contribution in [2.75, 3.05) is 17.8 Å². The first-order valence-electron chi connectivity index (χ1n) is 9.59. The summed E-state index contributed by atoms with van der Waals surface area (Å²) in [5, 5.41) is 1.16. The van der Waals surface area contributed by atoms with Crippen molar-refractivity contribution < 1.29 is 17.9 Å². The van der Waals surface area contributed by atoms with E-state index in [1.54, 1.807) is 36.7 Å². The fraction of sp³-hybridized carbons (Fsp3) is 0.136. The lowest BCUT2D eigenvalue weighted by Gasteiger charge is -2.20. The van der Waals surface area contributed by atoms with Crippen molar-refractivity contribution in [2.45, 2.75) is 11.4 Å². The van der Waals surface area contributed by atoms with Gasteiger partial charge in [-0.1, -0.05) is 40.6 Å². The Bertz CT molecular complexity index is 1410. The van der Waals surface area contributed by atoms with E-state index in [1.807, 2.05) is 0 Å². The van der Waals surface area contributed by atoms with Crippen LogP contribution in [-0.4, -0.2) is 37.2 Å². The highest BCUT2D eigenvalue weighted by Crippen LogP contribution is 2.39. The quantitative estimate of drug-likeness (QED) is 0.339. The molecule has 0 atom stereocenters. The molecule has 0 unspecified atom stereocenters. The first-order chi connectivity index (χ1) is 15.8. The number of anilines is 1. The molecule has 2 aromatic carbocycles. The summed E-state index contributed by atoms with van der Waals surface area (Å²) in [6.45, 7) is 0.0859. The first kappa shape index (κ1) is 23.4. The number of carbonyl (C=O) groups excluding carboxylic acids is 1. The Morgan fingerprint density at radius 3 is 2.55 bits per heavy atom. The fourth-order valence-corrected chi connectivity index (χ4v) is 5.72. The molecule has 0 radical (unpaired) electrons. The molecule has 33 heavy (non-hydrogen) atoms. The molecule has 0 aliphatic carbocycles. The number of rotatable bonds is 7. The molecule has 0 spiro atoms. The van der Waals surface area contributed by atoms with Crippen LogP contribution in [0.4, 0.5) is 5.13 Å². The van der Waals surface area contributed by atoms with Crippen LogP contribution in [0.15, 0.2) is 65.8 Å². The van der Waals surface area contributed by atoms with Crippen molar-refractivity contribution in [2.24, 2.45) is 0 Å². The molecule has 2 heterocycles. The molecule has 4 rings (SSSR count). The monoisotopic (exact) mass is 521 g/mol. The average molecular weight is 522 g/mol. The zero-order chi connectivity index (χ0) is 23.6. The highest BCUT2D eigenvalue weighted by molar-refractivity contribution is 7.92. The van der Waals surface area contributed by atoms with Gasteiger partial charge in [-0.2, -0.15) is 0 Å². The van der Waals surface area contributed by atoms with Crippen LogP contribution in [-0.2, 0) is 21.2 Å². The van der Waals surface area contributed by atoms with E-state index < -0.39 is 21.5 Å². The van der Waals surface area contributed by atoms with Crippen LogP contribution < -0.4 is 9.64 Å². The molecule has 170 valence electrons. The summed E-state index contributed by atoms with van der Waals surface area (Å²) in [5.41, 5.74) is 1.21. The number of thiazole rings is 1. The maximum absolute atomic E-state index is 13.3. The minimum absolute atomic E-state index is 0.00981. The molecular formula is C22H17Cl2N3O4S2. The maximum Gasteiger partial charge on any atom is 0.244 e. The fourth-order valence-electron chi connectivity index (χ4n) is 3.12. The van der Waals surface area contributed by atoms with Gasteiger partial charge in [0.2, 0.25) is 5.91 Å². The van der Waals surface area contributed by atoms with Crippen LogP contribution >= 0.6 is 34.5 Å². The van der Waals surface area contributed by atoms with Crippen LogP contribution in [0, 0.1) is 0 Å². The van der Waals surface area contributed by atoms with Gasteiger partial charge in [0.05, 0.1) is 28.3 Å². The second-order valence-corrected chi connectivity index (χ2v) is 10.8. The number of sulfone groups is 1. The third kappa shape index (κ3) is 5.11. The zero-order valence-corrected chi connectivity index (χ0v) is 20.4. The lowest BCUT2D eigenvalue weighted by Crippen LogP contribution is -2.35. The summed E-state index contributed by atoms with van der Waals surface area (Å²) in [6, 6.07) is 12.6. The average Bonchev–Trinajstić information content (AvgIpc) is 3.24. The molecular weight excluding hydrogens is 505 g/mol. The molecule has 0 fully saturated rings. The molecule has 11 heteroatoms. The van der Waals surface area contributed by atoms with Gasteiger partial charge < -0.3 is 4.74 Å². The zero-order valence-electron chi connectivity index (χ0n) is 17.2. The molecule has 0 N–H and O–H groups in total. The maximum atomic E-state index is 13.3. The number of ether oxygens (including phenoxy) is 1. The number of pyridine rings is 1. The smallest absolute Gasteiger partial charge is 0.244 e. The largest absolute Gasteiger partial charge is 0.494 e. The summed E-state index contributed by atoms with van der Waals surface area (Å²) in [7, 11) is -2.40. The van der Waals surface area contributed by atoms with Crippen molar-refractivity contribution in [1.82, 2.24) is 9.97 Å². The van der Waals surface area contributed by atoms with E-state index in [1.165, 1.54) is 47.6 Å². The van der Waals surface area contributed by atoms with Gasteiger partial charge in [-0.3, -0.25) is 14.7 Å². The first-order valence-corrected chi connectivity index (χ1v) is 12.8. The summed E-state index contributed by atoms with van der Waals surface area (Å²) in [6.07, 6.45) is 3.22. The molecule has 4 aromatic rings. The van der Waals surface area contributed by atoms with E-state index in [-0.39, 0.29) is 11.4 Å². The van der Waals surface area contributed by atoms with E-state index >= 15 is 0 Å². The molecule has 7 nitrogen and oxygen atoms in total. The number of halogens is 2. The Morgan fingerprint density at radius 1 is 1.12 bits per heavy atom. The normalized spacial score (nSPS) is 11.5. The SMILES string of the molecule is COc1ccc(Cl)c2sc(N(Cc3cccnc3)C(=O)CS(=O)(=O)c3ccc(Cl)cc3)nc12. The van der Waals surface area contributed by atoms with E-state index in [0.29, 0.717) is 36.7 Å². The Kier molecular flexibility index (Phi) is 6.85. The number of methoxy groups -OCH3 is 1. The summed E-state index contributed by atoms with van der Waals surface area (Å²) in [4.78, 5) is 23.3. The van der Waals surface area contributed by atoms with E-state index in [0.717, 1.165) is 0 Å². The minimum Gasteiger partial charge on any atom is -0.494 e. The van der Waals surface area contributed by atoms with Gasteiger partial charge >= 0.3 is 0 Å². The Morgan fingerprint density at radius 2 is 1.88 bits per heavy atom. The second-order valence-electron chi connectivity index (χ2n) is 6.98. The van der Waals surface area contributed by atoms with Crippen molar-refractivity contribution >= 4 is 65.6 Å². The molecule has 0 aliphatic heterocycles. The summed E-state index contributed by atoms with van der Waals surface area (Å²) >= 11 is 13.4. The van der Waals surface area contributed by atoms with Crippen LogP contribution in [0.1, 0.15) is 5.56 Å². The highest BCUT2D eigenvalue weighted by Gasteiger charge is 2.27. The van der Waals surface area contributed by atoms with E-state index in [9.17, 15) is 13.2 Å². The minimum atomic E-state index is -3.91. The second kappa shape index (κ2) is 9.64. The lowest BCUT2D eigenvalue weighted by atomic mass is 10.2. The Hall–Kier alpha value is -2.72. The lowest BCUT2D eigenvalue weighted by molar-refractivity contribution is -0.116. The number of aromatic nitrogens is 2. The molecule has 0 saturated carbocycles. The van der Waals surface area contributed by atoms with Gasteiger partial charge in [-0.05, 0) is 48.0 Å². The molecule has 1 amide bonds. The van der Waals surface area contributed by atoms with Crippen molar-refractivity contribution in [3.8, 4) is 5.75 Å². The third-order valence-electron chi connectivity index (χ3n) is 4.75. The van der Waals surface area contributed by atoms with Gasteiger partial charge in [0.1, 0.15) is 17.0 Å². The number of nitrogens with zero attached hydrogens (tertiary/aromatic N) is 3. The molecule has 0 bridgehead atoms. The van der Waals surface area contributed by atoms with Gasteiger partial charge in [0.25, 0.3) is 0 Å². The number of hydrogen-bond donors (Lipinski definition) is 0. The van der Waals surface area contributed by atoms with Gasteiger partial charge in [-0.25, -0.2) is 13.4 Å². The number of amides is 1. The van der Waals surface area contributed by atoms with E-state index in [4.69, 9.17) is 27.9 Å². The number of hydrogen-bond acceptors (Lipinski definition) is 7. The predicted molar refractivity (Wildman–Crippen MR) is 130 cm³/mol. The van der Waals surface area contributed by atoms with Gasteiger partial charge in [0.15, 0.2) is 15.0 Å².